The topological polar surface area (TPSA) is 116 Å². The molecule has 0 fully saturated rings. The molecule has 2 atom stereocenters. The number of benzene rings is 3. The van der Waals surface area contributed by atoms with Crippen molar-refractivity contribution in [3.05, 3.63) is 107 Å². The standard InChI is InChI=1S/C34H36N4O5/c1-35-31(40)29(20-23-12-4-2-5-13-23)38-22-25-15-8-7-14-24(25)21-28(34(38)43)36-30(39)18-6-3-11-19-37-32(41)26-16-9-10-17-27(26)33(37)42/h2,4-5,7-10,12-17,28-29H,3,6,11,18-22H2,1H3,(H,35,40)(H,36,39)/t28-,29-/m0/s1. The molecule has 0 saturated heterocycles. The van der Waals surface area contributed by atoms with Gasteiger partial charge in [-0.1, -0.05) is 73.2 Å². The number of nitrogens with zero attached hydrogens (tertiary/aromatic N) is 2. The molecule has 3 aromatic rings. The third-order valence-corrected chi connectivity index (χ3v) is 8.16. The van der Waals surface area contributed by atoms with Gasteiger partial charge in [-0.25, -0.2) is 0 Å². The van der Waals surface area contributed by atoms with Gasteiger partial charge < -0.3 is 15.5 Å². The normalized spacial score (nSPS) is 16.8. The van der Waals surface area contributed by atoms with Crippen LogP contribution in [0.2, 0.25) is 0 Å². The van der Waals surface area contributed by atoms with Crippen molar-refractivity contribution < 1.29 is 24.0 Å². The second-order valence-corrected chi connectivity index (χ2v) is 11.0. The maximum absolute atomic E-state index is 13.9. The van der Waals surface area contributed by atoms with Crippen molar-refractivity contribution in [2.45, 2.75) is 57.2 Å². The third kappa shape index (κ3) is 6.66. The zero-order valence-corrected chi connectivity index (χ0v) is 24.3. The summed E-state index contributed by atoms with van der Waals surface area (Å²) in [5.74, 6) is -1.37. The van der Waals surface area contributed by atoms with Gasteiger partial charge in [0.25, 0.3) is 11.8 Å². The minimum Gasteiger partial charge on any atom is -0.357 e. The molecule has 9 heteroatoms. The van der Waals surface area contributed by atoms with Crippen LogP contribution >= 0.6 is 0 Å². The van der Waals surface area contributed by atoms with Gasteiger partial charge in [-0.3, -0.25) is 28.9 Å². The van der Waals surface area contributed by atoms with Crippen molar-refractivity contribution in [2.75, 3.05) is 13.6 Å². The summed E-state index contributed by atoms with van der Waals surface area (Å²) in [6.07, 6.45) is 2.66. The summed E-state index contributed by atoms with van der Waals surface area (Å²) in [4.78, 5) is 68.0. The second kappa shape index (κ2) is 13.5. The number of carbonyl (C=O) groups excluding carboxylic acids is 5. The third-order valence-electron chi connectivity index (χ3n) is 8.16. The molecule has 2 heterocycles. The number of unbranched alkanes of at least 4 members (excludes halogenated alkanes) is 2. The minimum absolute atomic E-state index is 0.205. The van der Waals surface area contributed by atoms with Gasteiger partial charge in [-0.15, -0.1) is 0 Å². The monoisotopic (exact) mass is 580 g/mol. The quantitative estimate of drug-likeness (QED) is 0.267. The Morgan fingerprint density at radius 2 is 1.44 bits per heavy atom. The van der Waals surface area contributed by atoms with Crippen molar-refractivity contribution in [1.82, 2.24) is 20.4 Å². The fourth-order valence-electron chi connectivity index (χ4n) is 5.85. The molecule has 43 heavy (non-hydrogen) atoms. The van der Waals surface area contributed by atoms with Crippen LogP contribution in [0.5, 0.6) is 0 Å². The van der Waals surface area contributed by atoms with E-state index in [-0.39, 0.29) is 42.5 Å². The molecule has 0 aromatic heterocycles. The van der Waals surface area contributed by atoms with Gasteiger partial charge in [0.05, 0.1) is 11.1 Å². The van der Waals surface area contributed by atoms with E-state index in [2.05, 4.69) is 10.6 Å². The van der Waals surface area contributed by atoms with Crippen LogP contribution in [-0.2, 0) is 33.8 Å². The van der Waals surface area contributed by atoms with Crippen LogP contribution in [0, 0.1) is 0 Å². The number of hydrogen-bond acceptors (Lipinski definition) is 5. The van der Waals surface area contributed by atoms with Gasteiger partial charge >= 0.3 is 0 Å². The molecule has 222 valence electrons. The van der Waals surface area contributed by atoms with Gasteiger partial charge in [-0.2, -0.15) is 0 Å². The summed E-state index contributed by atoms with van der Waals surface area (Å²) in [6.45, 7) is 0.563. The first-order valence-corrected chi connectivity index (χ1v) is 14.7. The van der Waals surface area contributed by atoms with Crippen molar-refractivity contribution in [2.24, 2.45) is 0 Å². The van der Waals surface area contributed by atoms with E-state index in [4.69, 9.17) is 0 Å². The van der Waals surface area contributed by atoms with E-state index in [1.54, 1.807) is 36.2 Å². The lowest BCUT2D eigenvalue weighted by atomic mass is 10.0. The molecular weight excluding hydrogens is 544 g/mol. The van der Waals surface area contributed by atoms with Crippen LogP contribution in [0.1, 0.15) is 63.1 Å². The average molecular weight is 581 g/mol. The number of imide groups is 1. The number of fused-ring (bicyclic) bond motifs is 2. The molecule has 5 amide bonds. The maximum Gasteiger partial charge on any atom is 0.261 e. The summed E-state index contributed by atoms with van der Waals surface area (Å²) < 4.78 is 0. The highest BCUT2D eigenvalue weighted by molar-refractivity contribution is 6.21. The van der Waals surface area contributed by atoms with Crippen LogP contribution in [0.4, 0.5) is 0 Å². The Labute approximate surface area is 251 Å². The highest BCUT2D eigenvalue weighted by atomic mass is 16.2. The zero-order chi connectivity index (χ0) is 30.3. The van der Waals surface area contributed by atoms with E-state index < -0.39 is 12.1 Å². The van der Waals surface area contributed by atoms with Crippen molar-refractivity contribution >= 4 is 29.5 Å². The number of carbonyl (C=O) groups is 5. The molecule has 2 N–H and O–H groups in total. The Balaban J connectivity index is 1.20. The molecule has 2 aliphatic heterocycles. The second-order valence-electron chi connectivity index (χ2n) is 11.0. The molecule has 5 rings (SSSR count). The van der Waals surface area contributed by atoms with Gasteiger partial charge in [0.1, 0.15) is 12.1 Å². The first kappa shape index (κ1) is 29.7. The van der Waals surface area contributed by atoms with Gasteiger partial charge in [0, 0.05) is 39.4 Å². The predicted octanol–water partition coefficient (Wildman–Crippen LogP) is 3.27. The van der Waals surface area contributed by atoms with E-state index in [9.17, 15) is 24.0 Å². The number of rotatable bonds is 11. The Hall–Kier alpha value is -4.79. The lowest BCUT2D eigenvalue weighted by molar-refractivity contribution is -0.143. The SMILES string of the molecule is CNC(=O)[C@H](Cc1ccccc1)N1Cc2ccccc2C[C@H](NC(=O)CCCCCN2C(=O)c3ccccc3C2=O)C1=O. The fourth-order valence-corrected chi connectivity index (χ4v) is 5.85. The molecule has 2 aliphatic rings. The summed E-state index contributed by atoms with van der Waals surface area (Å²) in [5.41, 5.74) is 3.70. The van der Waals surface area contributed by atoms with Crippen LogP contribution in [-0.4, -0.2) is 65.0 Å². The number of likely N-dealkylation sites (N-methyl/N-ethyl adjacent to an activating group) is 1. The Morgan fingerprint density at radius 1 is 0.814 bits per heavy atom. The highest BCUT2D eigenvalue weighted by Gasteiger charge is 2.37. The van der Waals surface area contributed by atoms with E-state index in [0.717, 1.165) is 16.7 Å². The van der Waals surface area contributed by atoms with Crippen LogP contribution in [0.25, 0.3) is 0 Å². The molecule has 0 unspecified atom stereocenters. The van der Waals surface area contributed by atoms with E-state index in [1.165, 1.54) is 4.90 Å². The van der Waals surface area contributed by atoms with Crippen molar-refractivity contribution in [1.29, 1.82) is 0 Å². The van der Waals surface area contributed by atoms with E-state index in [0.29, 0.717) is 49.8 Å². The summed E-state index contributed by atoms with van der Waals surface area (Å²) in [5, 5.41) is 5.64. The molecule has 0 bridgehead atoms. The van der Waals surface area contributed by atoms with Crippen LogP contribution in [0.3, 0.4) is 0 Å². The summed E-state index contributed by atoms with van der Waals surface area (Å²) in [7, 11) is 1.56. The fraction of sp³-hybridized carbons (Fsp3) is 0.324. The molecular formula is C34H36N4O5. The van der Waals surface area contributed by atoms with Gasteiger partial charge in [0.2, 0.25) is 17.7 Å². The molecule has 0 radical (unpaired) electrons. The van der Waals surface area contributed by atoms with Crippen molar-refractivity contribution in [3.8, 4) is 0 Å². The minimum atomic E-state index is -0.808. The number of nitrogens with one attached hydrogen (secondary N) is 2. The maximum atomic E-state index is 13.9. The van der Waals surface area contributed by atoms with Crippen LogP contribution in [0.15, 0.2) is 78.9 Å². The highest BCUT2D eigenvalue weighted by Crippen LogP contribution is 2.25. The largest absolute Gasteiger partial charge is 0.357 e. The Bertz CT molecular complexity index is 1490. The Morgan fingerprint density at radius 3 is 2.12 bits per heavy atom. The summed E-state index contributed by atoms with van der Waals surface area (Å²) in [6, 6.07) is 22.5. The lowest BCUT2D eigenvalue weighted by Crippen LogP contribution is -2.55. The molecule has 0 aliphatic carbocycles. The van der Waals surface area contributed by atoms with Crippen molar-refractivity contribution in [3.63, 3.8) is 0 Å². The molecule has 3 aromatic carbocycles. The lowest BCUT2D eigenvalue weighted by Gasteiger charge is -2.32. The van der Waals surface area contributed by atoms with Crippen LogP contribution < -0.4 is 10.6 Å². The first-order valence-electron chi connectivity index (χ1n) is 14.7. The number of amides is 5. The smallest absolute Gasteiger partial charge is 0.261 e. The molecule has 0 saturated carbocycles. The predicted molar refractivity (Wildman–Crippen MR) is 161 cm³/mol. The average Bonchev–Trinajstić information content (AvgIpc) is 3.18. The van der Waals surface area contributed by atoms with Gasteiger partial charge in [-0.05, 0) is 41.7 Å². The van der Waals surface area contributed by atoms with Gasteiger partial charge in [0.15, 0.2) is 0 Å². The molecule has 0 spiro atoms. The summed E-state index contributed by atoms with van der Waals surface area (Å²) >= 11 is 0. The Kier molecular flexibility index (Phi) is 9.29. The van der Waals surface area contributed by atoms with E-state index in [1.807, 2.05) is 54.6 Å². The van der Waals surface area contributed by atoms with E-state index >= 15 is 0 Å². The molecule has 9 nitrogen and oxygen atoms in total. The zero-order valence-electron chi connectivity index (χ0n) is 24.3. The number of hydrogen-bond donors (Lipinski definition) is 2. The first-order chi connectivity index (χ1) is 20.9.